The third kappa shape index (κ3) is 4.23. The fourth-order valence-corrected chi connectivity index (χ4v) is 2.54. The number of ether oxygens (including phenoxy) is 1. The van der Waals surface area contributed by atoms with E-state index >= 15 is 0 Å². The molecule has 2 unspecified atom stereocenters. The van der Waals surface area contributed by atoms with Gasteiger partial charge >= 0.3 is 6.09 Å². The van der Waals surface area contributed by atoms with Crippen LogP contribution in [0.15, 0.2) is 18.2 Å². The van der Waals surface area contributed by atoms with E-state index in [0.29, 0.717) is 11.3 Å². The van der Waals surface area contributed by atoms with E-state index in [1.807, 2.05) is 0 Å². The predicted molar refractivity (Wildman–Crippen MR) is 87.1 cm³/mol. The molecule has 1 saturated heterocycles. The SMILES string of the molecule is Cc1c(F)cccc1NC(=O)C1CC(O)CN1C(=O)OC(C)(C)C. The number of rotatable bonds is 2. The van der Waals surface area contributed by atoms with Gasteiger partial charge in [-0.15, -0.1) is 0 Å². The largest absolute Gasteiger partial charge is 0.444 e. The molecule has 0 saturated carbocycles. The van der Waals surface area contributed by atoms with Crippen LogP contribution in [0.25, 0.3) is 0 Å². The summed E-state index contributed by atoms with van der Waals surface area (Å²) in [7, 11) is 0. The summed E-state index contributed by atoms with van der Waals surface area (Å²) in [4.78, 5) is 26.0. The van der Waals surface area contributed by atoms with Gasteiger partial charge in [-0.3, -0.25) is 9.69 Å². The maximum Gasteiger partial charge on any atom is 0.411 e. The van der Waals surface area contributed by atoms with Crippen LogP contribution in [-0.2, 0) is 9.53 Å². The Bertz CT molecular complexity index is 642. The van der Waals surface area contributed by atoms with Gasteiger partial charge in [0, 0.05) is 17.7 Å². The number of likely N-dealkylation sites (tertiary alicyclic amines) is 1. The van der Waals surface area contributed by atoms with E-state index in [0.717, 1.165) is 0 Å². The molecule has 2 atom stereocenters. The van der Waals surface area contributed by atoms with Crippen molar-refractivity contribution in [1.82, 2.24) is 4.90 Å². The Morgan fingerprint density at radius 1 is 1.38 bits per heavy atom. The van der Waals surface area contributed by atoms with Gasteiger partial charge < -0.3 is 15.2 Å². The van der Waals surface area contributed by atoms with Crippen molar-refractivity contribution in [2.75, 3.05) is 11.9 Å². The molecule has 7 heteroatoms. The number of halogens is 1. The molecule has 24 heavy (non-hydrogen) atoms. The molecule has 2 amide bonds. The zero-order valence-electron chi connectivity index (χ0n) is 14.3. The van der Waals surface area contributed by atoms with Crippen molar-refractivity contribution >= 4 is 17.7 Å². The third-order valence-electron chi connectivity index (χ3n) is 3.74. The molecular formula is C17H23FN2O4. The summed E-state index contributed by atoms with van der Waals surface area (Å²) in [6.45, 7) is 6.75. The second-order valence-electron chi connectivity index (χ2n) is 6.94. The number of carbonyl (C=O) groups is 2. The van der Waals surface area contributed by atoms with Crippen LogP contribution < -0.4 is 5.32 Å². The van der Waals surface area contributed by atoms with Gasteiger partial charge in [-0.25, -0.2) is 9.18 Å². The third-order valence-corrected chi connectivity index (χ3v) is 3.74. The molecule has 0 radical (unpaired) electrons. The molecule has 132 valence electrons. The van der Waals surface area contributed by atoms with Gasteiger partial charge in [0.2, 0.25) is 5.91 Å². The Hall–Kier alpha value is -2.15. The molecular weight excluding hydrogens is 315 g/mol. The van der Waals surface area contributed by atoms with Gasteiger partial charge in [-0.05, 0) is 39.8 Å². The van der Waals surface area contributed by atoms with Crippen LogP contribution in [0.5, 0.6) is 0 Å². The standard InChI is InChI=1S/C17H23FN2O4/c1-10-12(18)6-5-7-13(10)19-15(22)14-8-11(21)9-20(14)16(23)24-17(2,3)4/h5-7,11,14,21H,8-9H2,1-4H3,(H,19,22). The van der Waals surface area contributed by atoms with Gasteiger partial charge in [0.15, 0.2) is 0 Å². The number of anilines is 1. The number of hydrogen-bond acceptors (Lipinski definition) is 4. The Morgan fingerprint density at radius 3 is 2.67 bits per heavy atom. The van der Waals surface area contributed by atoms with E-state index in [-0.39, 0.29) is 13.0 Å². The van der Waals surface area contributed by atoms with Crippen LogP contribution in [0.3, 0.4) is 0 Å². The minimum absolute atomic E-state index is 0.0229. The Labute approximate surface area is 140 Å². The number of nitrogens with one attached hydrogen (secondary N) is 1. The quantitative estimate of drug-likeness (QED) is 0.868. The molecule has 0 bridgehead atoms. The average molecular weight is 338 g/mol. The van der Waals surface area contributed by atoms with Crippen molar-refractivity contribution in [3.63, 3.8) is 0 Å². The van der Waals surface area contributed by atoms with Gasteiger partial charge in [-0.2, -0.15) is 0 Å². The van der Waals surface area contributed by atoms with Crippen molar-refractivity contribution in [3.8, 4) is 0 Å². The highest BCUT2D eigenvalue weighted by molar-refractivity contribution is 5.97. The van der Waals surface area contributed by atoms with Crippen LogP contribution >= 0.6 is 0 Å². The van der Waals surface area contributed by atoms with Crippen molar-refractivity contribution in [2.24, 2.45) is 0 Å². The monoisotopic (exact) mass is 338 g/mol. The second kappa shape index (κ2) is 6.76. The fourth-order valence-electron chi connectivity index (χ4n) is 2.54. The highest BCUT2D eigenvalue weighted by atomic mass is 19.1. The molecule has 1 aromatic rings. The topological polar surface area (TPSA) is 78.9 Å². The predicted octanol–water partition coefficient (Wildman–Crippen LogP) is 2.44. The molecule has 1 fully saturated rings. The van der Waals surface area contributed by atoms with Crippen LogP contribution in [0.1, 0.15) is 32.8 Å². The average Bonchev–Trinajstić information content (AvgIpc) is 2.84. The van der Waals surface area contributed by atoms with Crippen LogP contribution in [0.2, 0.25) is 0 Å². The zero-order valence-corrected chi connectivity index (χ0v) is 14.3. The highest BCUT2D eigenvalue weighted by Gasteiger charge is 2.41. The van der Waals surface area contributed by atoms with Crippen molar-refractivity contribution in [2.45, 2.75) is 51.9 Å². The first-order valence-electron chi connectivity index (χ1n) is 7.82. The summed E-state index contributed by atoms with van der Waals surface area (Å²) in [5.41, 5.74) is -0.0520. The summed E-state index contributed by atoms with van der Waals surface area (Å²) >= 11 is 0. The van der Waals surface area contributed by atoms with E-state index in [1.165, 1.54) is 17.0 Å². The molecule has 2 rings (SSSR count). The van der Waals surface area contributed by atoms with E-state index in [2.05, 4.69) is 5.32 Å². The van der Waals surface area contributed by atoms with E-state index in [9.17, 15) is 19.1 Å². The number of nitrogens with zero attached hydrogens (tertiary/aromatic N) is 1. The summed E-state index contributed by atoms with van der Waals surface area (Å²) in [5, 5.41) is 12.5. The summed E-state index contributed by atoms with van der Waals surface area (Å²) in [6, 6.07) is 3.52. The summed E-state index contributed by atoms with van der Waals surface area (Å²) in [5.74, 6) is -0.908. The summed E-state index contributed by atoms with van der Waals surface area (Å²) < 4.78 is 18.9. The maximum absolute atomic E-state index is 13.6. The van der Waals surface area contributed by atoms with Crippen molar-refractivity contribution in [3.05, 3.63) is 29.6 Å². The first-order valence-corrected chi connectivity index (χ1v) is 7.82. The van der Waals surface area contributed by atoms with Gasteiger partial charge in [-0.1, -0.05) is 6.07 Å². The minimum atomic E-state index is -0.863. The molecule has 0 spiro atoms. The highest BCUT2D eigenvalue weighted by Crippen LogP contribution is 2.24. The first kappa shape index (κ1) is 18.2. The van der Waals surface area contributed by atoms with Gasteiger partial charge in [0.05, 0.1) is 12.6 Å². The second-order valence-corrected chi connectivity index (χ2v) is 6.94. The molecule has 0 aliphatic carbocycles. The van der Waals surface area contributed by atoms with Gasteiger partial charge in [0.25, 0.3) is 0 Å². The lowest BCUT2D eigenvalue weighted by atomic mass is 10.1. The summed E-state index contributed by atoms with van der Waals surface area (Å²) in [6.07, 6.45) is -1.35. The van der Waals surface area contributed by atoms with Crippen molar-refractivity contribution < 1.29 is 23.8 Å². The lowest BCUT2D eigenvalue weighted by Crippen LogP contribution is -2.45. The van der Waals surface area contributed by atoms with Crippen LogP contribution in [0.4, 0.5) is 14.9 Å². The lowest BCUT2D eigenvalue weighted by molar-refractivity contribution is -0.120. The van der Waals surface area contributed by atoms with E-state index < -0.39 is 35.6 Å². The molecule has 6 nitrogen and oxygen atoms in total. The number of hydrogen-bond donors (Lipinski definition) is 2. The van der Waals surface area contributed by atoms with Crippen LogP contribution in [0, 0.1) is 12.7 Å². The number of carbonyl (C=O) groups excluding carboxylic acids is 2. The molecule has 1 heterocycles. The smallest absolute Gasteiger partial charge is 0.411 e. The first-order chi connectivity index (χ1) is 11.1. The zero-order chi connectivity index (χ0) is 18.1. The van der Waals surface area contributed by atoms with Crippen molar-refractivity contribution in [1.29, 1.82) is 0 Å². The van der Waals surface area contributed by atoms with Crippen LogP contribution in [-0.4, -0.2) is 46.3 Å². The van der Waals surface area contributed by atoms with E-state index in [1.54, 1.807) is 33.8 Å². The lowest BCUT2D eigenvalue weighted by Gasteiger charge is -2.28. The Kier molecular flexibility index (Phi) is 5.13. The maximum atomic E-state index is 13.6. The molecule has 1 aliphatic heterocycles. The minimum Gasteiger partial charge on any atom is -0.444 e. The number of β-amino-alcohol motifs (C(OH)–C–C–N with tert-alkyl or cyclic N) is 1. The van der Waals surface area contributed by atoms with Gasteiger partial charge in [0.1, 0.15) is 17.5 Å². The molecule has 1 aliphatic rings. The Balaban J connectivity index is 2.14. The molecule has 1 aromatic carbocycles. The molecule has 2 N–H and O–H groups in total. The number of benzene rings is 1. The number of aliphatic hydroxyl groups excluding tert-OH is 1. The number of amides is 2. The Morgan fingerprint density at radius 2 is 2.04 bits per heavy atom. The molecule has 0 aromatic heterocycles. The normalized spacial score (nSPS) is 20.8. The number of aliphatic hydroxyl groups is 1. The fraction of sp³-hybridized carbons (Fsp3) is 0.529. The van der Waals surface area contributed by atoms with E-state index in [4.69, 9.17) is 4.74 Å².